The molecule has 1 aromatic rings. The first-order valence-corrected chi connectivity index (χ1v) is 6.48. The first-order valence-electron chi connectivity index (χ1n) is 6.48. The monoisotopic (exact) mass is 298 g/mol. The maximum absolute atomic E-state index is 11.9. The molecular weight excluding hydrogens is 280 g/mol. The number of aromatic nitrogens is 1. The van der Waals surface area contributed by atoms with Gasteiger partial charge in [-0.15, -0.1) is 0 Å². The average molecular weight is 298 g/mol. The van der Waals surface area contributed by atoms with E-state index in [4.69, 9.17) is 14.3 Å². The Hall–Kier alpha value is -2.38. The number of hydrogen-bond acceptors (Lipinski definition) is 6. The summed E-state index contributed by atoms with van der Waals surface area (Å²) in [5.41, 5.74) is 0.375. The number of hydrogen-bond donors (Lipinski definition) is 2. The SMILES string of the molecule is CCOC(=O)CC[C@H](NC(=O)c1oc(C)nc1C)C(=O)O. The maximum Gasteiger partial charge on any atom is 0.326 e. The average Bonchev–Trinajstić information content (AvgIpc) is 2.73. The van der Waals surface area contributed by atoms with Crippen molar-refractivity contribution in [1.82, 2.24) is 10.3 Å². The predicted octanol–water partition coefficient (Wildman–Crippen LogP) is 0.818. The normalized spacial score (nSPS) is 11.8. The number of carboxylic acid groups (broad SMARTS) is 1. The molecule has 0 spiro atoms. The van der Waals surface area contributed by atoms with Crippen LogP contribution in [-0.2, 0) is 14.3 Å². The highest BCUT2D eigenvalue weighted by Crippen LogP contribution is 2.10. The van der Waals surface area contributed by atoms with Gasteiger partial charge in [0.2, 0.25) is 5.76 Å². The Morgan fingerprint density at radius 2 is 2.05 bits per heavy atom. The van der Waals surface area contributed by atoms with Crippen molar-refractivity contribution in [3.63, 3.8) is 0 Å². The molecule has 21 heavy (non-hydrogen) atoms. The lowest BCUT2D eigenvalue weighted by atomic mass is 10.1. The van der Waals surface area contributed by atoms with E-state index in [0.717, 1.165) is 0 Å². The number of carbonyl (C=O) groups is 3. The lowest BCUT2D eigenvalue weighted by molar-refractivity contribution is -0.144. The van der Waals surface area contributed by atoms with Crippen LogP contribution in [0.15, 0.2) is 4.42 Å². The summed E-state index contributed by atoms with van der Waals surface area (Å²) in [6, 6.07) is -1.20. The fourth-order valence-electron chi connectivity index (χ4n) is 1.72. The third-order valence-corrected chi connectivity index (χ3v) is 2.66. The fraction of sp³-hybridized carbons (Fsp3) is 0.538. The van der Waals surface area contributed by atoms with Crippen molar-refractivity contribution < 1.29 is 28.6 Å². The number of nitrogens with one attached hydrogen (secondary N) is 1. The van der Waals surface area contributed by atoms with Gasteiger partial charge in [-0.1, -0.05) is 0 Å². The second-order valence-corrected chi connectivity index (χ2v) is 4.36. The molecule has 0 fully saturated rings. The standard InChI is InChI=1S/C13H18N2O6/c1-4-20-10(16)6-5-9(13(18)19)15-12(17)11-7(2)14-8(3)21-11/h9H,4-6H2,1-3H3,(H,15,17)(H,18,19)/t9-/m0/s1. The Labute approximate surface area is 121 Å². The van der Waals surface area contributed by atoms with Crippen LogP contribution < -0.4 is 5.32 Å². The summed E-state index contributed by atoms with van der Waals surface area (Å²) in [5, 5.41) is 11.4. The van der Waals surface area contributed by atoms with Gasteiger partial charge in [0.15, 0.2) is 5.89 Å². The van der Waals surface area contributed by atoms with Gasteiger partial charge in [0.1, 0.15) is 6.04 Å². The van der Waals surface area contributed by atoms with E-state index in [9.17, 15) is 14.4 Å². The molecule has 0 aromatic carbocycles. The lowest BCUT2D eigenvalue weighted by Crippen LogP contribution is -2.41. The van der Waals surface area contributed by atoms with Crippen molar-refractivity contribution in [1.29, 1.82) is 0 Å². The van der Waals surface area contributed by atoms with E-state index in [1.54, 1.807) is 20.8 Å². The molecular formula is C13H18N2O6. The van der Waals surface area contributed by atoms with Gasteiger partial charge < -0.3 is 19.6 Å². The van der Waals surface area contributed by atoms with E-state index in [0.29, 0.717) is 11.6 Å². The summed E-state index contributed by atoms with van der Waals surface area (Å²) >= 11 is 0. The number of ether oxygens (including phenoxy) is 1. The molecule has 0 aliphatic carbocycles. The Morgan fingerprint density at radius 1 is 1.38 bits per heavy atom. The molecule has 1 atom stereocenters. The number of oxazole rings is 1. The number of aliphatic carboxylic acids is 1. The van der Waals surface area contributed by atoms with Crippen LogP contribution >= 0.6 is 0 Å². The fourth-order valence-corrected chi connectivity index (χ4v) is 1.72. The smallest absolute Gasteiger partial charge is 0.326 e. The minimum atomic E-state index is -1.23. The van der Waals surface area contributed by atoms with E-state index in [2.05, 4.69) is 10.3 Å². The number of nitrogens with zero attached hydrogens (tertiary/aromatic N) is 1. The first-order chi connectivity index (χ1) is 9.85. The van der Waals surface area contributed by atoms with Crippen LogP contribution in [0, 0.1) is 13.8 Å². The highest BCUT2D eigenvalue weighted by Gasteiger charge is 2.25. The van der Waals surface area contributed by atoms with E-state index in [1.807, 2.05) is 0 Å². The minimum absolute atomic E-state index is 0.0325. The zero-order valence-corrected chi connectivity index (χ0v) is 12.1. The van der Waals surface area contributed by atoms with Crippen LogP contribution in [0.1, 0.15) is 41.9 Å². The molecule has 116 valence electrons. The van der Waals surface area contributed by atoms with Crippen molar-refractivity contribution in [2.75, 3.05) is 6.61 Å². The van der Waals surface area contributed by atoms with Crippen LogP contribution in [0.2, 0.25) is 0 Å². The number of carbonyl (C=O) groups excluding carboxylic acids is 2. The molecule has 0 saturated heterocycles. The Kier molecular flexibility index (Phi) is 5.89. The second kappa shape index (κ2) is 7.41. The van der Waals surface area contributed by atoms with Gasteiger partial charge in [-0.2, -0.15) is 0 Å². The Morgan fingerprint density at radius 3 is 2.52 bits per heavy atom. The summed E-state index contributed by atoms with van der Waals surface area (Å²) in [5.74, 6) is -2.14. The summed E-state index contributed by atoms with van der Waals surface area (Å²) < 4.78 is 9.82. The highest BCUT2D eigenvalue weighted by atomic mass is 16.5. The maximum atomic E-state index is 11.9. The highest BCUT2D eigenvalue weighted by molar-refractivity contribution is 5.95. The van der Waals surface area contributed by atoms with Gasteiger partial charge in [0.25, 0.3) is 5.91 Å². The van der Waals surface area contributed by atoms with Crippen molar-refractivity contribution in [2.24, 2.45) is 0 Å². The largest absolute Gasteiger partial charge is 0.480 e. The zero-order valence-electron chi connectivity index (χ0n) is 12.1. The molecule has 8 nitrogen and oxygen atoms in total. The van der Waals surface area contributed by atoms with Crippen LogP contribution in [0.3, 0.4) is 0 Å². The molecule has 0 aliphatic heterocycles. The summed E-state index contributed by atoms with van der Waals surface area (Å²) in [6.07, 6.45) is -0.161. The van der Waals surface area contributed by atoms with Crippen LogP contribution in [0.5, 0.6) is 0 Å². The van der Waals surface area contributed by atoms with Gasteiger partial charge in [-0.3, -0.25) is 9.59 Å². The van der Waals surface area contributed by atoms with E-state index >= 15 is 0 Å². The zero-order chi connectivity index (χ0) is 16.0. The van der Waals surface area contributed by atoms with Crippen LogP contribution in [-0.4, -0.2) is 40.6 Å². The van der Waals surface area contributed by atoms with Gasteiger partial charge in [-0.05, 0) is 20.3 Å². The number of amides is 1. The molecule has 1 aromatic heterocycles. The number of rotatable bonds is 7. The van der Waals surface area contributed by atoms with E-state index < -0.39 is 23.9 Å². The summed E-state index contributed by atoms with van der Waals surface area (Å²) in [7, 11) is 0. The number of carboxylic acids is 1. The molecule has 1 amide bonds. The van der Waals surface area contributed by atoms with Crippen molar-refractivity contribution in [2.45, 2.75) is 39.7 Å². The van der Waals surface area contributed by atoms with Gasteiger partial charge in [0.05, 0.1) is 12.3 Å². The quantitative estimate of drug-likeness (QED) is 0.715. The minimum Gasteiger partial charge on any atom is -0.480 e. The van der Waals surface area contributed by atoms with Crippen LogP contribution in [0.25, 0.3) is 0 Å². The summed E-state index contributed by atoms with van der Waals surface area (Å²) in [6.45, 7) is 5.04. The first kappa shape index (κ1) is 16.7. The number of aryl methyl sites for hydroxylation is 2. The molecule has 1 heterocycles. The van der Waals surface area contributed by atoms with Gasteiger partial charge in [0, 0.05) is 13.3 Å². The number of esters is 1. The lowest BCUT2D eigenvalue weighted by Gasteiger charge is -2.13. The molecule has 1 rings (SSSR count). The van der Waals surface area contributed by atoms with Crippen molar-refractivity contribution in [3.8, 4) is 0 Å². The second-order valence-electron chi connectivity index (χ2n) is 4.36. The van der Waals surface area contributed by atoms with Gasteiger partial charge >= 0.3 is 11.9 Å². The molecule has 0 bridgehead atoms. The molecule has 0 aliphatic rings. The van der Waals surface area contributed by atoms with Crippen molar-refractivity contribution in [3.05, 3.63) is 17.3 Å². The van der Waals surface area contributed by atoms with Gasteiger partial charge in [-0.25, -0.2) is 9.78 Å². The van der Waals surface area contributed by atoms with Crippen LogP contribution in [0.4, 0.5) is 0 Å². The Bertz CT molecular complexity index is 537. The third-order valence-electron chi connectivity index (χ3n) is 2.66. The Balaban J connectivity index is 2.66. The molecule has 2 N–H and O–H groups in total. The molecule has 8 heteroatoms. The summed E-state index contributed by atoms with van der Waals surface area (Å²) in [4.78, 5) is 38.2. The molecule has 0 unspecified atom stereocenters. The topological polar surface area (TPSA) is 119 Å². The molecule has 0 saturated carbocycles. The molecule has 0 radical (unpaired) electrons. The van der Waals surface area contributed by atoms with E-state index in [-0.39, 0.29) is 25.2 Å². The third kappa shape index (κ3) is 4.90. The predicted molar refractivity (Wildman–Crippen MR) is 70.7 cm³/mol. The van der Waals surface area contributed by atoms with Crippen molar-refractivity contribution >= 4 is 17.8 Å². The van der Waals surface area contributed by atoms with E-state index in [1.165, 1.54) is 0 Å².